The lowest BCUT2D eigenvalue weighted by atomic mass is 10.0. The second-order valence-electron chi connectivity index (χ2n) is 4.17. The minimum Gasteiger partial charge on any atom is -0.371 e. The molecule has 1 fully saturated rings. The molecule has 0 spiro atoms. The summed E-state index contributed by atoms with van der Waals surface area (Å²) in [6.07, 6.45) is 0.207. The summed E-state index contributed by atoms with van der Waals surface area (Å²) < 4.78 is 5.75. The van der Waals surface area contributed by atoms with E-state index in [1.54, 1.807) is 0 Å². The Hall–Kier alpha value is -1.38. The fraction of sp³-hybridized carbons (Fsp3) is 0.286. The molecule has 1 atom stereocenters. The largest absolute Gasteiger partial charge is 0.371 e. The average Bonchev–Trinajstić information content (AvgIpc) is 2.39. The number of hydrogen-bond acceptors (Lipinski definition) is 2. The van der Waals surface area contributed by atoms with Crippen molar-refractivity contribution in [1.82, 2.24) is 5.32 Å². The van der Waals surface area contributed by atoms with Gasteiger partial charge in [-0.15, -0.1) is 0 Å². The molecule has 0 unspecified atom stereocenters. The van der Waals surface area contributed by atoms with Gasteiger partial charge in [-0.05, 0) is 22.4 Å². The van der Waals surface area contributed by atoms with E-state index in [9.17, 15) is 0 Å². The van der Waals surface area contributed by atoms with Crippen molar-refractivity contribution in [2.75, 3.05) is 19.7 Å². The Morgan fingerprint density at radius 1 is 1.06 bits per heavy atom. The van der Waals surface area contributed by atoms with E-state index in [2.05, 4.69) is 47.8 Å². The van der Waals surface area contributed by atoms with Crippen LogP contribution in [0, 0.1) is 0 Å². The van der Waals surface area contributed by atoms with Crippen LogP contribution >= 0.6 is 0 Å². The van der Waals surface area contributed by atoms with E-state index in [0.29, 0.717) is 0 Å². The highest BCUT2D eigenvalue weighted by molar-refractivity contribution is 5.83. The molecule has 1 aliphatic rings. The van der Waals surface area contributed by atoms with E-state index in [1.807, 2.05) is 0 Å². The average molecular weight is 213 g/mol. The van der Waals surface area contributed by atoms with Crippen molar-refractivity contribution in [1.29, 1.82) is 0 Å². The van der Waals surface area contributed by atoms with E-state index >= 15 is 0 Å². The van der Waals surface area contributed by atoms with Gasteiger partial charge in [0, 0.05) is 13.1 Å². The summed E-state index contributed by atoms with van der Waals surface area (Å²) in [6.45, 7) is 2.68. The fourth-order valence-electron chi connectivity index (χ4n) is 2.19. The van der Waals surface area contributed by atoms with E-state index < -0.39 is 0 Å². The number of ether oxygens (including phenoxy) is 1. The molecular weight excluding hydrogens is 198 g/mol. The molecular formula is C14H15NO. The van der Waals surface area contributed by atoms with Gasteiger partial charge in [0.25, 0.3) is 0 Å². The monoisotopic (exact) mass is 213 g/mol. The summed E-state index contributed by atoms with van der Waals surface area (Å²) in [5.41, 5.74) is 1.27. The highest BCUT2D eigenvalue weighted by atomic mass is 16.5. The molecule has 2 aromatic carbocycles. The SMILES string of the molecule is c1ccc2cc([C@H]3CNCCO3)ccc2c1. The van der Waals surface area contributed by atoms with Gasteiger partial charge in [-0.2, -0.15) is 0 Å². The number of benzene rings is 2. The van der Waals surface area contributed by atoms with Gasteiger partial charge in [-0.3, -0.25) is 0 Å². The highest BCUT2D eigenvalue weighted by Crippen LogP contribution is 2.23. The zero-order valence-corrected chi connectivity index (χ0v) is 9.15. The molecule has 0 radical (unpaired) electrons. The highest BCUT2D eigenvalue weighted by Gasteiger charge is 2.15. The maximum atomic E-state index is 5.75. The zero-order chi connectivity index (χ0) is 10.8. The second-order valence-corrected chi connectivity index (χ2v) is 4.17. The summed E-state index contributed by atoms with van der Waals surface area (Å²) in [5, 5.41) is 5.93. The van der Waals surface area contributed by atoms with Crippen molar-refractivity contribution in [3.8, 4) is 0 Å². The third-order valence-electron chi connectivity index (χ3n) is 3.07. The topological polar surface area (TPSA) is 21.3 Å². The molecule has 0 saturated carbocycles. The molecule has 2 aromatic rings. The molecule has 1 aliphatic heterocycles. The third-order valence-corrected chi connectivity index (χ3v) is 3.07. The summed E-state index contributed by atoms with van der Waals surface area (Å²) in [5.74, 6) is 0. The van der Waals surface area contributed by atoms with Crippen LogP contribution in [0.5, 0.6) is 0 Å². The van der Waals surface area contributed by atoms with Crippen molar-refractivity contribution in [2.45, 2.75) is 6.10 Å². The predicted octanol–water partition coefficient (Wildman–Crippen LogP) is 2.50. The predicted molar refractivity (Wildman–Crippen MR) is 65.5 cm³/mol. The Morgan fingerprint density at radius 3 is 2.75 bits per heavy atom. The van der Waals surface area contributed by atoms with Crippen LogP contribution in [0.2, 0.25) is 0 Å². The maximum absolute atomic E-state index is 5.75. The van der Waals surface area contributed by atoms with E-state index in [1.165, 1.54) is 16.3 Å². The molecule has 0 aromatic heterocycles. The van der Waals surface area contributed by atoms with Gasteiger partial charge < -0.3 is 10.1 Å². The first-order chi connectivity index (χ1) is 7.93. The minimum absolute atomic E-state index is 0.207. The first-order valence-electron chi connectivity index (χ1n) is 5.74. The molecule has 2 heteroatoms. The Bertz CT molecular complexity index is 489. The molecule has 2 nitrogen and oxygen atoms in total. The van der Waals surface area contributed by atoms with Gasteiger partial charge in [-0.1, -0.05) is 36.4 Å². The van der Waals surface area contributed by atoms with Crippen LogP contribution in [-0.2, 0) is 4.74 Å². The Labute approximate surface area is 95.2 Å². The number of hydrogen-bond donors (Lipinski definition) is 1. The quantitative estimate of drug-likeness (QED) is 0.786. The minimum atomic E-state index is 0.207. The van der Waals surface area contributed by atoms with Crippen molar-refractivity contribution in [3.05, 3.63) is 48.0 Å². The van der Waals surface area contributed by atoms with Gasteiger partial charge in [0.2, 0.25) is 0 Å². The number of fused-ring (bicyclic) bond motifs is 1. The Balaban J connectivity index is 1.97. The Morgan fingerprint density at radius 2 is 1.94 bits per heavy atom. The van der Waals surface area contributed by atoms with Crippen molar-refractivity contribution >= 4 is 10.8 Å². The van der Waals surface area contributed by atoms with Gasteiger partial charge in [0.05, 0.1) is 12.7 Å². The van der Waals surface area contributed by atoms with Gasteiger partial charge >= 0.3 is 0 Å². The van der Waals surface area contributed by atoms with Crippen LogP contribution in [0.25, 0.3) is 10.8 Å². The first kappa shape index (κ1) is 9.82. The van der Waals surface area contributed by atoms with Crippen molar-refractivity contribution in [2.24, 2.45) is 0 Å². The molecule has 0 amide bonds. The molecule has 1 N–H and O–H groups in total. The van der Waals surface area contributed by atoms with Gasteiger partial charge in [-0.25, -0.2) is 0 Å². The zero-order valence-electron chi connectivity index (χ0n) is 9.15. The van der Waals surface area contributed by atoms with Gasteiger partial charge in [0.1, 0.15) is 0 Å². The van der Waals surface area contributed by atoms with Crippen molar-refractivity contribution < 1.29 is 4.74 Å². The van der Waals surface area contributed by atoms with Crippen LogP contribution in [0.4, 0.5) is 0 Å². The second kappa shape index (κ2) is 4.24. The summed E-state index contributed by atoms with van der Waals surface area (Å²) >= 11 is 0. The molecule has 82 valence electrons. The van der Waals surface area contributed by atoms with E-state index in [4.69, 9.17) is 4.74 Å². The molecule has 0 aliphatic carbocycles. The Kier molecular flexibility index (Phi) is 2.60. The molecule has 1 saturated heterocycles. The molecule has 16 heavy (non-hydrogen) atoms. The summed E-state index contributed by atoms with van der Waals surface area (Å²) in [4.78, 5) is 0. The molecule has 1 heterocycles. The lowest BCUT2D eigenvalue weighted by Crippen LogP contribution is -2.33. The normalized spacial score (nSPS) is 21.1. The standard InChI is InChI=1S/C14H15NO/c1-2-4-12-9-13(6-5-11(12)3-1)14-10-15-7-8-16-14/h1-6,9,14-15H,7-8,10H2/t14-/m1/s1. The lowest BCUT2D eigenvalue weighted by Gasteiger charge is -2.24. The summed E-state index contributed by atoms with van der Waals surface area (Å²) in [6, 6.07) is 15.0. The van der Waals surface area contributed by atoms with Crippen LogP contribution < -0.4 is 5.32 Å². The smallest absolute Gasteiger partial charge is 0.0950 e. The lowest BCUT2D eigenvalue weighted by molar-refractivity contribution is 0.0278. The van der Waals surface area contributed by atoms with Crippen LogP contribution in [0.1, 0.15) is 11.7 Å². The molecule has 0 bridgehead atoms. The third kappa shape index (κ3) is 1.82. The van der Waals surface area contributed by atoms with Crippen LogP contribution in [-0.4, -0.2) is 19.7 Å². The molecule has 3 rings (SSSR count). The van der Waals surface area contributed by atoms with Crippen LogP contribution in [0.3, 0.4) is 0 Å². The van der Waals surface area contributed by atoms with E-state index in [-0.39, 0.29) is 6.10 Å². The number of rotatable bonds is 1. The van der Waals surface area contributed by atoms with Gasteiger partial charge in [0.15, 0.2) is 0 Å². The van der Waals surface area contributed by atoms with Crippen LogP contribution in [0.15, 0.2) is 42.5 Å². The maximum Gasteiger partial charge on any atom is 0.0950 e. The van der Waals surface area contributed by atoms with Crippen molar-refractivity contribution in [3.63, 3.8) is 0 Å². The van der Waals surface area contributed by atoms with E-state index in [0.717, 1.165) is 19.7 Å². The number of morpholine rings is 1. The fourth-order valence-corrected chi connectivity index (χ4v) is 2.19. The first-order valence-corrected chi connectivity index (χ1v) is 5.74. The number of nitrogens with one attached hydrogen (secondary N) is 1. The summed E-state index contributed by atoms with van der Waals surface area (Å²) in [7, 11) is 0.